The van der Waals surface area contributed by atoms with E-state index in [1.807, 2.05) is 0 Å². The second kappa shape index (κ2) is 11.6. The Morgan fingerprint density at radius 2 is 1.35 bits per heavy atom. The minimum absolute atomic E-state index is 0.00213. The summed E-state index contributed by atoms with van der Waals surface area (Å²) in [6, 6.07) is 37.2. The Labute approximate surface area is 330 Å². The van der Waals surface area contributed by atoms with Crippen molar-refractivity contribution in [2.24, 2.45) is 33.0 Å². The highest BCUT2D eigenvalue weighted by molar-refractivity contribution is 6.14. The highest BCUT2D eigenvalue weighted by Gasteiger charge is 2.73. The largest absolute Gasteiger partial charge is 0.0842 e. The molecule has 0 spiro atoms. The lowest BCUT2D eigenvalue weighted by Gasteiger charge is -2.75. The van der Waals surface area contributed by atoms with Crippen LogP contribution in [0, 0.1) is 33.0 Å². The predicted molar refractivity (Wildman–Crippen MR) is 236 cm³/mol. The summed E-state index contributed by atoms with van der Waals surface area (Å²) in [5.41, 5.74) is 17.1. The van der Waals surface area contributed by atoms with Crippen molar-refractivity contribution in [1.29, 1.82) is 0 Å². The number of fused-ring (bicyclic) bond motifs is 9. The summed E-state index contributed by atoms with van der Waals surface area (Å²) >= 11 is 0. The van der Waals surface area contributed by atoms with Gasteiger partial charge in [0, 0.05) is 16.7 Å². The molecule has 0 aliphatic heterocycles. The van der Waals surface area contributed by atoms with Crippen LogP contribution in [0.15, 0.2) is 132 Å². The van der Waals surface area contributed by atoms with E-state index >= 15 is 0 Å². The maximum absolute atomic E-state index is 2.75. The summed E-state index contributed by atoms with van der Waals surface area (Å²) in [7, 11) is 0. The van der Waals surface area contributed by atoms with E-state index in [-0.39, 0.29) is 27.1 Å². The summed E-state index contributed by atoms with van der Waals surface area (Å²) < 4.78 is 0. The normalized spacial score (nSPS) is 28.1. The van der Waals surface area contributed by atoms with Gasteiger partial charge in [0.25, 0.3) is 0 Å². The van der Waals surface area contributed by atoms with Crippen molar-refractivity contribution in [1.82, 2.24) is 0 Å². The van der Waals surface area contributed by atoms with E-state index < -0.39 is 0 Å². The third kappa shape index (κ3) is 4.19. The van der Waals surface area contributed by atoms with E-state index in [2.05, 4.69) is 178 Å². The molecule has 10 rings (SSSR count). The molecule has 0 saturated heterocycles. The standard InChI is InChI=1S/C55H58/c1-10-20-37-33-43-41(27-19-28-42(43)47-38-24-14-11-21-34(38)31-35-22-12-15-25-39(35)47)46(37)50-49-44-32-36-23-13-16-26-40(36)48(44)45-29-17-18-30-54(45,8)55(49,9)53(6,7)52(4,5)51(50,2)3/h11-17,19,21-29,31,33,46,50H,10,18,20,30,32H2,1-9H3. The first-order valence-corrected chi connectivity index (χ1v) is 21.3. The molecule has 278 valence electrons. The fraction of sp³-hybridized carbons (Fsp3) is 0.382. The molecule has 0 heteroatoms. The van der Waals surface area contributed by atoms with Crippen LogP contribution in [-0.4, -0.2) is 0 Å². The Bertz CT molecular complexity index is 2540. The molecule has 0 radical (unpaired) electrons. The van der Waals surface area contributed by atoms with Crippen LogP contribution < -0.4 is 0 Å². The highest BCUT2D eigenvalue weighted by Crippen LogP contribution is 2.81. The summed E-state index contributed by atoms with van der Waals surface area (Å²) in [4.78, 5) is 0. The number of hydrogen-bond acceptors (Lipinski definition) is 0. The second-order valence-electron chi connectivity index (χ2n) is 19.8. The van der Waals surface area contributed by atoms with Gasteiger partial charge in [0.2, 0.25) is 0 Å². The van der Waals surface area contributed by atoms with Crippen LogP contribution in [0.2, 0.25) is 0 Å². The van der Waals surface area contributed by atoms with Crippen LogP contribution in [0.3, 0.4) is 0 Å². The van der Waals surface area contributed by atoms with Crippen molar-refractivity contribution >= 4 is 33.2 Å². The molecule has 0 aromatic heterocycles. The minimum Gasteiger partial charge on any atom is -0.0842 e. The fourth-order valence-electron chi connectivity index (χ4n) is 13.5. The first-order valence-electron chi connectivity index (χ1n) is 21.3. The molecular formula is C55H58. The summed E-state index contributed by atoms with van der Waals surface area (Å²) in [6.45, 7) is 23.8. The molecule has 5 aromatic carbocycles. The molecule has 0 N–H and O–H groups in total. The highest BCUT2D eigenvalue weighted by atomic mass is 14.8. The molecule has 0 bridgehead atoms. The number of allylic oxidation sites excluding steroid dienone is 7. The smallest absolute Gasteiger partial charge is 0.0129 e. The van der Waals surface area contributed by atoms with Crippen molar-refractivity contribution in [3.63, 3.8) is 0 Å². The van der Waals surface area contributed by atoms with Crippen molar-refractivity contribution < 1.29 is 0 Å². The van der Waals surface area contributed by atoms with Crippen molar-refractivity contribution in [2.75, 3.05) is 0 Å². The van der Waals surface area contributed by atoms with Crippen LogP contribution in [0.1, 0.15) is 116 Å². The fourth-order valence-corrected chi connectivity index (χ4v) is 13.5. The molecule has 1 fully saturated rings. The van der Waals surface area contributed by atoms with E-state index in [1.165, 1.54) is 55.8 Å². The molecule has 55 heavy (non-hydrogen) atoms. The van der Waals surface area contributed by atoms with Crippen molar-refractivity contribution in [3.8, 4) is 11.1 Å². The summed E-state index contributed by atoms with van der Waals surface area (Å²) in [5, 5.41) is 5.32. The van der Waals surface area contributed by atoms with Gasteiger partial charge in [0.1, 0.15) is 0 Å². The molecule has 5 aliphatic rings. The van der Waals surface area contributed by atoms with Crippen LogP contribution in [0.5, 0.6) is 0 Å². The van der Waals surface area contributed by atoms with Crippen LogP contribution >= 0.6 is 0 Å². The van der Waals surface area contributed by atoms with Gasteiger partial charge < -0.3 is 0 Å². The zero-order valence-electron chi connectivity index (χ0n) is 34.7. The van der Waals surface area contributed by atoms with Gasteiger partial charge in [-0.05, 0) is 126 Å². The molecule has 4 unspecified atom stereocenters. The van der Waals surface area contributed by atoms with Gasteiger partial charge in [-0.15, -0.1) is 0 Å². The molecule has 4 atom stereocenters. The Morgan fingerprint density at radius 1 is 0.691 bits per heavy atom. The Kier molecular flexibility index (Phi) is 7.37. The zero-order valence-corrected chi connectivity index (χ0v) is 34.7. The maximum atomic E-state index is 2.75. The van der Waals surface area contributed by atoms with Gasteiger partial charge in [-0.1, -0.05) is 189 Å². The number of benzene rings is 5. The van der Waals surface area contributed by atoms with Gasteiger partial charge in [0.15, 0.2) is 0 Å². The van der Waals surface area contributed by atoms with Gasteiger partial charge in [-0.3, -0.25) is 0 Å². The monoisotopic (exact) mass is 718 g/mol. The number of rotatable bonds is 4. The SMILES string of the molecule is CCCC1=Cc2c(-c3c4ccccc4cc4ccccc34)cccc2C1C1C2=C3Cc4ccccc4C3=C3C=CCCC3(C)C2(C)C(C)(C)C(C)(C)C1(C)C. The average Bonchev–Trinajstić information content (AvgIpc) is 3.73. The minimum atomic E-state index is -0.0474. The maximum Gasteiger partial charge on any atom is 0.0129 e. The number of hydrogen-bond donors (Lipinski definition) is 0. The predicted octanol–water partition coefficient (Wildman–Crippen LogP) is 15.3. The average molecular weight is 719 g/mol. The quantitative estimate of drug-likeness (QED) is 0.162. The van der Waals surface area contributed by atoms with E-state index in [1.54, 1.807) is 33.4 Å². The van der Waals surface area contributed by atoms with Crippen LogP contribution in [0.4, 0.5) is 0 Å². The molecule has 1 saturated carbocycles. The van der Waals surface area contributed by atoms with Gasteiger partial charge in [-0.25, -0.2) is 0 Å². The van der Waals surface area contributed by atoms with Gasteiger partial charge >= 0.3 is 0 Å². The van der Waals surface area contributed by atoms with Crippen LogP contribution in [0.25, 0.3) is 44.3 Å². The van der Waals surface area contributed by atoms with E-state index in [9.17, 15) is 0 Å². The lowest BCUT2D eigenvalue weighted by atomic mass is 9.29. The van der Waals surface area contributed by atoms with Crippen LogP contribution in [-0.2, 0) is 6.42 Å². The summed E-state index contributed by atoms with van der Waals surface area (Å²) in [5.74, 6) is 0.667. The molecule has 5 aliphatic carbocycles. The Hall–Kier alpha value is -4.42. The lowest BCUT2D eigenvalue weighted by Crippen LogP contribution is -2.68. The first-order chi connectivity index (χ1) is 26.3. The summed E-state index contributed by atoms with van der Waals surface area (Å²) in [6.07, 6.45) is 13.4. The topological polar surface area (TPSA) is 0 Å². The lowest BCUT2D eigenvalue weighted by molar-refractivity contribution is -0.185. The van der Waals surface area contributed by atoms with Gasteiger partial charge in [0.05, 0.1) is 0 Å². The molecule has 5 aromatic rings. The second-order valence-corrected chi connectivity index (χ2v) is 19.8. The zero-order chi connectivity index (χ0) is 38.3. The molecule has 0 amide bonds. The van der Waals surface area contributed by atoms with Crippen molar-refractivity contribution in [2.45, 2.75) is 100 Å². The Morgan fingerprint density at radius 3 is 2.05 bits per heavy atom. The Balaban J connectivity index is 1.30. The first kappa shape index (κ1) is 35.0. The van der Waals surface area contributed by atoms with Crippen molar-refractivity contribution in [3.05, 3.63) is 154 Å². The molecule has 0 nitrogen and oxygen atoms in total. The van der Waals surface area contributed by atoms with E-state index in [0.29, 0.717) is 11.8 Å². The third-order valence-corrected chi connectivity index (χ3v) is 17.5. The third-order valence-electron chi connectivity index (χ3n) is 17.5. The van der Waals surface area contributed by atoms with Gasteiger partial charge in [-0.2, -0.15) is 0 Å². The van der Waals surface area contributed by atoms with E-state index in [0.717, 1.165) is 25.7 Å². The van der Waals surface area contributed by atoms with E-state index in [4.69, 9.17) is 0 Å². The molecule has 0 heterocycles. The molecular weight excluding hydrogens is 661 g/mol.